The second kappa shape index (κ2) is 1.87. The van der Waals surface area contributed by atoms with Crippen LogP contribution < -0.4 is 0 Å². The molecule has 0 aromatic rings. The molecule has 0 N–H and O–H groups in total. The lowest BCUT2D eigenvalue weighted by atomic mass is 10.00. The van der Waals surface area contributed by atoms with Crippen LogP contribution in [-0.4, -0.2) is 8.07 Å². The lowest BCUT2D eigenvalue weighted by Gasteiger charge is -2.35. The molecule has 0 heterocycles. The highest BCUT2D eigenvalue weighted by Crippen LogP contribution is 2.39. The minimum Gasteiger partial charge on any atom is -0.0693 e. The molecule has 0 aliphatic heterocycles. The molecule has 0 nitrogen and oxygen atoms in total. The smallest absolute Gasteiger partial charge is 0.0474 e. The first-order valence-corrected chi connectivity index (χ1v) is 6.25. The third-order valence-electron chi connectivity index (χ3n) is 1.12. The first-order chi connectivity index (χ1) is 5.46. The lowest BCUT2D eigenvalue weighted by molar-refractivity contribution is 0.626. The summed E-state index contributed by atoms with van der Waals surface area (Å²) in [5, 5.41) is 0. The fourth-order valence-electron chi connectivity index (χ4n) is 0.500. The van der Waals surface area contributed by atoms with Crippen molar-refractivity contribution in [3.63, 3.8) is 0 Å². The summed E-state index contributed by atoms with van der Waals surface area (Å²) in [5.41, 5.74) is -1.60. The molecule has 0 unspecified atom stereocenters. The number of rotatable bonds is 1. The average Bonchev–Trinajstić information content (AvgIpc) is 1.80. The van der Waals surface area contributed by atoms with Crippen LogP contribution in [0.1, 0.15) is 19.6 Å². The van der Waals surface area contributed by atoms with Crippen molar-refractivity contribution in [3.8, 4) is 0 Å². The Kier molecular flexibility index (Phi) is 0.572. The number of hydrogen-bond donors (Lipinski definition) is 0. The van der Waals surface area contributed by atoms with Crippen molar-refractivity contribution in [2.24, 2.45) is 0 Å². The SMILES string of the molecule is [2H]C1([2H])[C]C([2H])([2H])C1([2H])[Si](C)(C)C. The Hall–Kier alpha value is 0.217. The molecule has 0 spiro atoms. The van der Waals surface area contributed by atoms with E-state index in [9.17, 15) is 0 Å². The van der Waals surface area contributed by atoms with E-state index in [1.54, 1.807) is 0 Å². The van der Waals surface area contributed by atoms with E-state index in [4.69, 9.17) is 6.85 Å². The van der Waals surface area contributed by atoms with Crippen molar-refractivity contribution in [3.05, 3.63) is 6.42 Å². The molecule has 0 amide bonds. The van der Waals surface area contributed by atoms with Gasteiger partial charge in [0, 0.05) is 14.9 Å². The maximum absolute atomic E-state index is 7.97. The molecule has 8 heavy (non-hydrogen) atoms. The van der Waals surface area contributed by atoms with E-state index in [-0.39, 0.29) is 0 Å². The molecule has 0 aromatic heterocycles. The van der Waals surface area contributed by atoms with Gasteiger partial charge in [-0.3, -0.25) is 0 Å². The maximum Gasteiger partial charge on any atom is 0.0474 e. The predicted octanol–water partition coefficient (Wildman–Crippen LogP) is 2.57. The first kappa shape index (κ1) is 2.45. The van der Waals surface area contributed by atoms with Gasteiger partial charge in [-0.05, 0) is 24.7 Å². The molecular formula is C7H14Si. The maximum atomic E-state index is 7.97. The van der Waals surface area contributed by atoms with Crippen molar-refractivity contribution in [1.82, 2.24) is 0 Å². The number of hydrogen-bond acceptors (Lipinski definition) is 0. The fraction of sp³-hybridized carbons (Fsp3) is 0.857. The van der Waals surface area contributed by atoms with Crippen LogP contribution in [0.3, 0.4) is 0 Å². The fourth-order valence-corrected chi connectivity index (χ4v) is 1.38. The first-order valence-electron chi connectivity index (χ1n) is 5.25. The normalized spacial score (nSPS) is 48.6. The van der Waals surface area contributed by atoms with E-state index in [2.05, 4.69) is 6.42 Å². The molecule has 0 aromatic carbocycles. The van der Waals surface area contributed by atoms with Gasteiger partial charge in [0.1, 0.15) is 0 Å². The zero-order valence-corrected chi connectivity index (χ0v) is 6.50. The molecule has 1 saturated carbocycles. The van der Waals surface area contributed by atoms with E-state index < -0.39 is 26.3 Å². The summed E-state index contributed by atoms with van der Waals surface area (Å²) >= 11 is 0. The van der Waals surface area contributed by atoms with Gasteiger partial charge in [-0.1, -0.05) is 19.6 Å². The third-order valence-corrected chi connectivity index (χ3v) is 2.88. The average molecular weight is 131 g/mol. The van der Waals surface area contributed by atoms with Crippen LogP contribution in [0.2, 0.25) is 25.2 Å². The van der Waals surface area contributed by atoms with Crippen LogP contribution in [0.25, 0.3) is 0 Å². The summed E-state index contributed by atoms with van der Waals surface area (Å²) in [7, 11) is -2.21. The predicted molar refractivity (Wildman–Crippen MR) is 39.6 cm³/mol. The molecule has 1 aliphatic carbocycles. The molecule has 0 atom stereocenters. The molecule has 1 aliphatic rings. The Morgan fingerprint density at radius 1 is 1.62 bits per heavy atom. The third kappa shape index (κ3) is 1.13. The minimum absolute atomic E-state index is 1.60. The molecule has 46 valence electrons. The largest absolute Gasteiger partial charge is 0.0693 e. The van der Waals surface area contributed by atoms with Gasteiger partial charge < -0.3 is 0 Å². The lowest BCUT2D eigenvalue weighted by Crippen LogP contribution is -2.32. The zero-order valence-electron chi connectivity index (χ0n) is 10.5. The van der Waals surface area contributed by atoms with Crippen LogP contribution in [-0.2, 0) is 0 Å². The van der Waals surface area contributed by atoms with Crippen molar-refractivity contribution in [2.75, 3.05) is 0 Å². The summed E-state index contributed by atoms with van der Waals surface area (Å²) in [6.45, 7) is 5.45. The summed E-state index contributed by atoms with van der Waals surface area (Å²) in [4.78, 5) is 0. The Morgan fingerprint density at radius 3 is 2.25 bits per heavy atom. The van der Waals surface area contributed by atoms with E-state index in [0.29, 0.717) is 0 Å². The summed E-state index contributed by atoms with van der Waals surface area (Å²) < 4.78 is 37.9. The highest BCUT2D eigenvalue weighted by atomic mass is 28.3. The van der Waals surface area contributed by atoms with Crippen LogP contribution in [0, 0.1) is 6.42 Å². The van der Waals surface area contributed by atoms with E-state index >= 15 is 0 Å². The Bertz CT molecular complexity index is 198. The highest BCUT2D eigenvalue weighted by Gasteiger charge is 2.31. The molecule has 1 fully saturated rings. The molecule has 2 radical (unpaired) electrons. The van der Waals surface area contributed by atoms with Gasteiger partial charge in [0.25, 0.3) is 0 Å². The van der Waals surface area contributed by atoms with E-state index in [0.717, 1.165) is 0 Å². The molecule has 0 bridgehead atoms. The molecule has 1 rings (SSSR count). The van der Waals surface area contributed by atoms with Gasteiger partial charge in [-0.25, -0.2) is 0 Å². The van der Waals surface area contributed by atoms with Gasteiger partial charge in [0.15, 0.2) is 0 Å². The topological polar surface area (TPSA) is 0 Å². The summed E-state index contributed by atoms with van der Waals surface area (Å²) in [5.74, 6) is 0. The highest BCUT2D eigenvalue weighted by molar-refractivity contribution is 6.77. The van der Waals surface area contributed by atoms with Crippen LogP contribution in [0.4, 0.5) is 0 Å². The quantitative estimate of drug-likeness (QED) is 0.480. The van der Waals surface area contributed by atoms with Crippen LogP contribution >= 0.6 is 0 Å². The summed E-state index contributed by atoms with van der Waals surface area (Å²) in [6.07, 6.45) is -1.63. The van der Waals surface area contributed by atoms with Gasteiger partial charge in [-0.2, -0.15) is 0 Å². The van der Waals surface area contributed by atoms with Crippen LogP contribution in [0.5, 0.6) is 0 Å². The molecule has 1 heteroatoms. The molecular weight excluding hydrogens is 112 g/mol. The van der Waals surface area contributed by atoms with Gasteiger partial charge in [-0.15, -0.1) is 0 Å². The van der Waals surface area contributed by atoms with Gasteiger partial charge in [0.05, 0.1) is 0 Å². The Balaban J connectivity index is 3.12. The van der Waals surface area contributed by atoms with Crippen molar-refractivity contribution in [1.29, 1.82) is 0 Å². The van der Waals surface area contributed by atoms with Gasteiger partial charge >= 0.3 is 0 Å². The Morgan fingerprint density at radius 2 is 2.12 bits per heavy atom. The standard InChI is InChI=1S/C7H14Si/c1-8(2,3)7-5-4-6-7/h7H,5-6H2,1-3H3/i5D2,6D2,7D. The summed E-state index contributed by atoms with van der Waals surface area (Å²) in [6, 6.07) is 0. The monoisotopic (exact) mass is 131 g/mol. The molecule has 0 saturated heterocycles. The van der Waals surface area contributed by atoms with Crippen molar-refractivity contribution < 1.29 is 6.85 Å². The zero-order chi connectivity index (χ0) is 10.7. The minimum atomic E-state index is -2.21. The van der Waals surface area contributed by atoms with E-state index in [1.165, 1.54) is 0 Å². The van der Waals surface area contributed by atoms with Crippen molar-refractivity contribution >= 4 is 8.07 Å². The Labute approximate surface area is 60.3 Å². The van der Waals surface area contributed by atoms with Gasteiger partial charge in [0.2, 0.25) is 0 Å². The van der Waals surface area contributed by atoms with Crippen molar-refractivity contribution in [2.45, 2.75) is 37.9 Å². The van der Waals surface area contributed by atoms with E-state index in [1.807, 2.05) is 19.6 Å². The second-order valence-corrected chi connectivity index (χ2v) is 8.00. The van der Waals surface area contributed by atoms with Crippen LogP contribution in [0.15, 0.2) is 0 Å². The second-order valence-electron chi connectivity index (χ2n) is 3.00.